The largest absolute Gasteiger partial charge is 0.493 e. The van der Waals surface area contributed by atoms with Gasteiger partial charge in [-0.3, -0.25) is 19.7 Å². The van der Waals surface area contributed by atoms with E-state index < -0.39 is 16.7 Å². The van der Waals surface area contributed by atoms with E-state index in [0.717, 1.165) is 0 Å². The predicted molar refractivity (Wildman–Crippen MR) is 101 cm³/mol. The first kappa shape index (κ1) is 20.4. The number of non-ortho nitro benzene ring substituents is 1. The number of nitro groups is 1. The van der Waals surface area contributed by atoms with Crippen molar-refractivity contribution < 1.29 is 24.0 Å². The van der Waals surface area contributed by atoms with Crippen molar-refractivity contribution in [2.75, 3.05) is 20.8 Å². The van der Waals surface area contributed by atoms with Crippen molar-refractivity contribution >= 4 is 23.7 Å². The molecule has 0 fully saturated rings. The van der Waals surface area contributed by atoms with Gasteiger partial charge in [-0.25, -0.2) is 5.43 Å². The number of rotatable bonds is 8. The molecule has 28 heavy (non-hydrogen) atoms. The molecule has 10 heteroatoms. The Kier molecular flexibility index (Phi) is 7.03. The van der Waals surface area contributed by atoms with E-state index in [0.29, 0.717) is 22.6 Å². The highest BCUT2D eigenvalue weighted by atomic mass is 16.6. The quantitative estimate of drug-likeness (QED) is 0.401. The fourth-order valence-corrected chi connectivity index (χ4v) is 2.14. The van der Waals surface area contributed by atoms with Crippen LogP contribution in [0.15, 0.2) is 47.6 Å². The normalized spacial score (nSPS) is 10.4. The standard InChI is InChI=1S/C18H18N4O6/c1-27-15-8-5-13(9-16(15)28-2)18(24)19-11-17(23)21-20-10-12-3-6-14(7-4-12)22(25)26/h3-10H,11H2,1-2H3,(H,19,24)(H,21,23). The van der Waals surface area contributed by atoms with Gasteiger partial charge in [-0.05, 0) is 35.9 Å². The number of amides is 2. The molecule has 0 spiro atoms. The van der Waals surface area contributed by atoms with Gasteiger partial charge >= 0.3 is 0 Å². The molecule has 2 aromatic carbocycles. The van der Waals surface area contributed by atoms with Crippen LogP contribution in [0.4, 0.5) is 5.69 Å². The van der Waals surface area contributed by atoms with Crippen molar-refractivity contribution in [1.82, 2.24) is 10.7 Å². The summed E-state index contributed by atoms with van der Waals surface area (Å²) in [7, 11) is 2.94. The van der Waals surface area contributed by atoms with Gasteiger partial charge in [0.25, 0.3) is 17.5 Å². The van der Waals surface area contributed by atoms with Gasteiger partial charge in [-0.15, -0.1) is 0 Å². The van der Waals surface area contributed by atoms with E-state index >= 15 is 0 Å². The maximum atomic E-state index is 12.1. The Morgan fingerprint density at radius 2 is 1.79 bits per heavy atom. The number of carbonyl (C=O) groups is 2. The van der Waals surface area contributed by atoms with E-state index in [1.165, 1.54) is 50.8 Å². The second-order valence-electron chi connectivity index (χ2n) is 5.39. The summed E-state index contributed by atoms with van der Waals surface area (Å²) in [6.07, 6.45) is 1.33. The van der Waals surface area contributed by atoms with Crippen LogP contribution >= 0.6 is 0 Å². The van der Waals surface area contributed by atoms with Crippen LogP contribution in [0.3, 0.4) is 0 Å². The number of nitrogens with zero attached hydrogens (tertiary/aromatic N) is 2. The van der Waals surface area contributed by atoms with Gasteiger partial charge in [0.05, 0.1) is 31.9 Å². The number of carbonyl (C=O) groups excluding carboxylic acids is 2. The number of methoxy groups -OCH3 is 2. The summed E-state index contributed by atoms with van der Waals surface area (Å²) in [6, 6.07) is 10.3. The Hall–Kier alpha value is -3.95. The maximum absolute atomic E-state index is 12.1. The second kappa shape index (κ2) is 9.67. The lowest BCUT2D eigenvalue weighted by molar-refractivity contribution is -0.384. The molecule has 0 atom stereocenters. The topological polar surface area (TPSA) is 132 Å². The first-order valence-corrected chi connectivity index (χ1v) is 8.01. The lowest BCUT2D eigenvalue weighted by Gasteiger charge is -2.09. The lowest BCUT2D eigenvalue weighted by Crippen LogP contribution is -2.34. The van der Waals surface area contributed by atoms with Crippen molar-refractivity contribution in [2.45, 2.75) is 0 Å². The molecule has 0 saturated heterocycles. The van der Waals surface area contributed by atoms with Crippen molar-refractivity contribution in [3.8, 4) is 11.5 Å². The number of ether oxygens (including phenoxy) is 2. The van der Waals surface area contributed by atoms with Crippen molar-refractivity contribution in [1.29, 1.82) is 0 Å². The summed E-state index contributed by atoms with van der Waals surface area (Å²) >= 11 is 0. The molecule has 0 aliphatic heterocycles. The summed E-state index contributed by atoms with van der Waals surface area (Å²) in [5.74, 6) is -0.118. The van der Waals surface area contributed by atoms with Crippen LogP contribution in [0.25, 0.3) is 0 Å². The fourth-order valence-electron chi connectivity index (χ4n) is 2.14. The van der Waals surface area contributed by atoms with Crippen LogP contribution in [-0.2, 0) is 4.79 Å². The van der Waals surface area contributed by atoms with E-state index in [-0.39, 0.29) is 12.2 Å². The highest BCUT2D eigenvalue weighted by Gasteiger charge is 2.11. The summed E-state index contributed by atoms with van der Waals surface area (Å²) in [6.45, 7) is -0.287. The third-order valence-corrected chi connectivity index (χ3v) is 3.56. The van der Waals surface area contributed by atoms with Gasteiger partial charge in [-0.1, -0.05) is 0 Å². The molecule has 10 nitrogen and oxygen atoms in total. The number of nitro benzene ring substituents is 1. The van der Waals surface area contributed by atoms with Gasteiger partial charge in [0.1, 0.15) is 0 Å². The number of nitrogens with one attached hydrogen (secondary N) is 2. The van der Waals surface area contributed by atoms with Crippen LogP contribution in [0.2, 0.25) is 0 Å². The Morgan fingerprint density at radius 3 is 2.39 bits per heavy atom. The second-order valence-corrected chi connectivity index (χ2v) is 5.39. The van der Waals surface area contributed by atoms with Crippen LogP contribution in [0, 0.1) is 10.1 Å². The van der Waals surface area contributed by atoms with Crippen LogP contribution < -0.4 is 20.2 Å². The van der Waals surface area contributed by atoms with E-state index in [1.807, 2.05) is 0 Å². The zero-order valence-electron chi connectivity index (χ0n) is 15.2. The molecule has 2 N–H and O–H groups in total. The number of hydrazone groups is 1. The molecule has 0 saturated carbocycles. The fraction of sp³-hybridized carbons (Fsp3) is 0.167. The minimum absolute atomic E-state index is 0.0425. The Balaban J connectivity index is 1.84. The van der Waals surface area contributed by atoms with Crippen molar-refractivity contribution in [2.24, 2.45) is 5.10 Å². The first-order chi connectivity index (χ1) is 13.4. The average Bonchev–Trinajstić information content (AvgIpc) is 2.71. The van der Waals surface area contributed by atoms with E-state index in [4.69, 9.17) is 9.47 Å². The number of hydrogen-bond acceptors (Lipinski definition) is 7. The van der Waals surface area contributed by atoms with Gasteiger partial charge in [0, 0.05) is 17.7 Å². The highest BCUT2D eigenvalue weighted by Crippen LogP contribution is 2.27. The van der Waals surface area contributed by atoms with Gasteiger partial charge in [0.2, 0.25) is 0 Å². The molecule has 2 aromatic rings. The SMILES string of the molecule is COc1ccc(C(=O)NCC(=O)NN=Cc2ccc([N+](=O)[O-])cc2)cc1OC. The van der Waals surface area contributed by atoms with E-state index in [2.05, 4.69) is 15.8 Å². The molecule has 0 aromatic heterocycles. The van der Waals surface area contributed by atoms with Crippen LogP contribution in [0.5, 0.6) is 11.5 Å². The molecule has 0 unspecified atom stereocenters. The Morgan fingerprint density at radius 1 is 1.11 bits per heavy atom. The molecule has 2 rings (SSSR count). The third-order valence-electron chi connectivity index (χ3n) is 3.56. The predicted octanol–water partition coefficient (Wildman–Crippen LogP) is 1.49. The maximum Gasteiger partial charge on any atom is 0.269 e. The third kappa shape index (κ3) is 5.53. The molecular formula is C18H18N4O6. The highest BCUT2D eigenvalue weighted by molar-refractivity contribution is 5.97. The molecule has 0 heterocycles. The average molecular weight is 386 g/mol. The van der Waals surface area contributed by atoms with Crippen LogP contribution in [-0.4, -0.2) is 43.7 Å². The minimum atomic E-state index is -0.535. The molecular weight excluding hydrogens is 368 g/mol. The summed E-state index contributed by atoms with van der Waals surface area (Å²) < 4.78 is 10.2. The van der Waals surface area contributed by atoms with Crippen molar-refractivity contribution in [3.63, 3.8) is 0 Å². The van der Waals surface area contributed by atoms with Crippen molar-refractivity contribution in [3.05, 3.63) is 63.7 Å². The van der Waals surface area contributed by atoms with Gasteiger partial charge < -0.3 is 14.8 Å². The molecule has 0 aliphatic carbocycles. The first-order valence-electron chi connectivity index (χ1n) is 8.01. The molecule has 0 aliphatic rings. The number of benzene rings is 2. The smallest absolute Gasteiger partial charge is 0.269 e. The Bertz CT molecular complexity index is 895. The molecule has 0 bridgehead atoms. The lowest BCUT2D eigenvalue weighted by atomic mass is 10.2. The summed E-state index contributed by atoms with van der Waals surface area (Å²) in [5.41, 5.74) is 3.09. The van der Waals surface area contributed by atoms with Crippen LogP contribution in [0.1, 0.15) is 15.9 Å². The number of hydrogen-bond donors (Lipinski definition) is 2. The molecule has 146 valence electrons. The van der Waals surface area contributed by atoms with E-state index in [1.54, 1.807) is 12.1 Å². The van der Waals surface area contributed by atoms with E-state index in [9.17, 15) is 19.7 Å². The Labute approximate surface area is 160 Å². The molecule has 0 radical (unpaired) electrons. The van der Waals surface area contributed by atoms with Gasteiger partial charge in [0.15, 0.2) is 11.5 Å². The zero-order valence-corrected chi connectivity index (χ0v) is 15.2. The minimum Gasteiger partial charge on any atom is -0.493 e. The zero-order chi connectivity index (χ0) is 20.5. The molecule has 2 amide bonds. The summed E-state index contributed by atoms with van der Waals surface area (Å²) in [4.78, 5) is 34.0. The monoisotopic (exact) mass is 386 g/mol. The van der Waals surface area contributed by atoms with Gasteiger partial charge in [-0.2, -0.15) is 5.10 Å². The summed E-state index contributed by atoms with van der Waals surface area (Å²) in [5, 5.41) is 16.8.